The Morgan fingerprint density at radius 3 is 2.06 bits per heavy atom. The highest BCUT2D eigenvalue weighted by atomic mass is 16.3. The first-order valence-corrected chi connectivity index (χ1v) is 10.1. The summed E-state index contributed by atoms with van der Waals surface area (Å²) in [7, 11) is 0. The van der Waals surface area contributed by atoms with Gasteiger partial charge in [-0.2, -0.15) is 0 Å². The number of anilines is 1. The molecule has 0 radical (unpaired) electrons. The Kier molecular flexibility index (Phi) is 5.03. The summed E-state index contributed by atoms with van der Waals surface area (Å²) < 4.78 is 5.88. The highest BCUT2D eigenvalue weighted by Crippen LogP contribution is 2.29. The average Bonchev–Trinajstić information content (AvgIpc) is 3.25. The maximum atomic E-state index is 13.4. The fourth-order valence-electron chi connectivity index (χ4n) is 3.73. The maximum absolute atomic E-state index is 13.4. The number of hydrogen-bond acceptors (Lipinski definition) is 3. The lowest BCUT2D eigenvalue weighted by molar-refractivity contribution is -0.116. The highest BCUT2D eigenvalue weighted by Gasteiger charge is 2.22. The molecule has 0 aliphatic heterocycles. The van der Waals surface area contributed by atoms with Crippen LogP contribution in [0.2, 0.25) is 0 Å². The first kappa shape index (κ1) is 18.8. The second-order valence-corrected chi connectivity index (χ2v) is 7.31. The van der Waals surface area contributed by atoms with Gasteiger partial charge in [-0.15, -0.1) is 0 Å². The molecule has 5 rings (SSSR count). The summed E-state index contributed by atoms with van der Waals surface area (Å²) >= 11 is 0. The first-order chi connectivity index (χ1) is 15.3. The molecule has 0 spiro atoms. The minimum Gasteiger partial charge on any atom is -0.436 e. The third-order valence-electron chi connectivity index (χ3n) is 5.20. The number of nitrogens with one attached hydrogen (secondary N) is 1. The van der Waals surface area contributed by atoms with Crippen LogP contribution in [0.3, 0.4) is 0 Å². The fourth-order valence-corrected chi connectivity index (χ4v) is 3.73. The Morgan fingerprint density at radius 2 is 1.39 bits per heavy atom. The Labute approximate surface area is 180 Å². The molecule has 4 heteroatoms. The van der Waals surface area contributed by atoms with E-state index in [0.717, 1.165) is 27.8 Å². The molecule has 1 heterocycles. The van der Waals surface area contributed by atoms with E-state index in [1.54, 1.807) is 0 Å². The van der Waals surface area contributed by atoms with Crippen LogP contribution in [-0.2, 0) is 4.79 Å². The van der Waals surface area contributed by atoms with E-state index in [1.165, 1.54) is 0 Å². The number of carbonyl (C=O) groups is 1. The molecule has 1 amide bonds. The number of carbonyl (C=O) groups excluding carboxylic acids is 1. The minimum absolute atomic E-state index is 0.0906. The molecule has 31 heavy (non-hydrogen) atoms. The average molecular weight is 404 g/mol. The lowest BCUT2D eigenvalue weighted by atomic mass is 9.90. The summed E-state index contributed by atoms with van der Waals surface area (Å²) in [5.41, 5.74) is 4.94. The van der Waals surface area contributed by atoms with E-state index >= 15 is 0 Å². The van der Waals surface area contributed by atoms with Crippen LogP contribution < -0.4 is 5.32 Å². The molecule has 150 valence electrons. The van der Waals surface area contributed by atoms with Gasteiger partial charge in [-0.05, 0) is 41.5 Å². The van der Waals surface area contributed by atoms with Gasteiger partial charge >= 0.3 is 0 Å². The van der Waals surface area contributed by atoms with Crippen molar-refractivity contribution in [2.45, 2.75) is 5.92 Å². The van der Waals surface area contributed by atoms with Gasteiger partial charge in [0.05, 0.1) is 5.92 Å². The van der Waals surface area contributed by atoms with Gasteiger partial charge in [0.25, 0.3) is 0 Å². The van der Waals surface area contributed by atoms with Crippen LogP contribution >= 0.6 is 0 Å². The third-order valence-corrected chi connectivity index (χ3v) is 5.20. The molecule has 0 aliphatic carbocycles. The van der Waals surface area contributed by atoms with E-state index in [4.69, 9.17) is 4.42 Å². The molecule has 0 saturated heterocycles. The van der Waals surface area contributed by atoms with Crippen molar-refractivity contribution in [3.63, 3.8) is 0 Å². The standard InChI is InChI=1S/C27H20N2O2/c30-26(25(19-10-3-1-4-11-19)20-12-5-2-6-13-20)28-22-15-9-14-21(18-22)27-29-23-16-7-8-17-24(23)31-27/h1-18,25H,(H,28,30). The van der Waals surface area contributed by atoms with Gasteiger partial charge in [-0.1, -0.05) is 78.9 Å². The predicted molar refractivity (Wildman–Crippen MR) is 123 cm³/mol. The lowest BCUT2D eigenvalue weighted by Gasteiger charge is -2.18. The Balaban J connectivity index is 1.45. The summed E-state index contributed by atoms with van der Waals surface area (Å²) in [5, 5.41) is 3.07. The number of oxazole rings is 1. The Hall–Kier alpha value is -4.18. The third kappa shape index (κ3) is 3.96. The normalized spacial score (nSPS) is 11.0. The number of nitrogens with zero attached hydrogens (tertiary/aromatic N) is 1. The number of fused-ring (bicyclic) bond motifs is 1. The maximum Gasteiger partial charge on any atom is 0.236 e. The molecular formula is C27H20N2O2. The number of amides is 1. The quantitative estimate of drug-likeness (QED) is 0.376. The van der Waals surface area contributed by atoms with Crippen molar-refractivity contribution in [1.82, 2.24) is 4.98 Å². The van der Waals surface area contributed by atoms with E-state index in [9.17, 15) is 4.79 Å². The summed E-state index contributed by atoms with van der Waals surface area (Å²) in [4.78, 5) is 17.9. The van der Waals surface area contributed by atoms with Crippen molar-refractivity contribution < 1.29 is 9.21 Å². The molecule has 5 aromatic rings. The lowest BCUT2D eigenvalue weighted by Crippen LogP contribution is -2.22. The van der Waals surface area contributed by atoms with Crippen molar-refractivity contribution in [3.05, 3.63) is 120 Å². The zero-order chi connectivity index (χ0) is 21.0. The topological polar surface area (TPSA) is 55.1 Å². The second kappa shape index (κ2) is 8.28. The van der Waals surface area contributed by atoms with Crippen LogP contribution in [0.1, 0.15) is 17.0 Å². The van der Waals surface area contributed by atoms with Crippen LogP contribution in [0.5, 0.6) is 0 Å². The summed E-state index contributed by atoms with van der Waals surface area (Å²) in [5.74, 6) is 0.0301. The summed E-state index contributed by atoms with van der Waals surface area (Å²) in [6.45, 7) is 0. The van der Waals surface area contributed by atoms with Gasteiger partial charge in [-0.25, -0.2) is 4.98 Å². The van der Waals surface area contributed by atoms with Gasteiger partial charge in [0.1, 0.15) is 5.52 Å². The molecule has 0 unspecified atom stereocenters. The van der Waals surface area contributed by atoms with Crippen molar-refractivity contribution >= 4 is 22.7 Å². The molecule has 4 aromatic carbocycles. The second-order valence-electron chi connectivity index (χ2n) is 7.31. The van der Waals surface area contributed by atoms with Crippen molar-refractivity contribution in [2.24, 2.45) is 0 Å². The van der Waals surface area contributed by atoms with Gasteiger partial charge in [0.2, 0.25) is 11.8 Å². The number of benzene rings is 4. The van der Waals surface area contributed by atoms with Crippen molar-refractivity contribution in [1.29, 1.82) is 0 Å². The van der Waals surface area contributed by atoms with E-state index in [-0.39, 0.29) is 5.91 Å². The molecule has 1 N–H and O–H groups in total. The van der Waals surface area contributed by atoms with Crippen molar-refractivity contribution in [2.75, 3.05) is 5.32 Å². The van der Waals surface area contributed by atoms with Gasteiger partial charge in [0, 0.05) is 11.3 Å². The first-order valence-electron chi connectivity index (χ1n) is 10.1. The highest BCUT2D eigenvalue weighted by molar-refractivity contribution is 5.98. The zero-order valence-electron chi connectivity index (χ0n) is 16.7. The number of rotatable bonds is 5. The van der Waals surface area contributed by atoms with Gasteiger partial charge < -0.3 is 9.73 Å². The van der Waals surface area contributed by atoms with E-state index in [0.29, 0.717) is 11.6 Å². The predicted octanol–water partition coefficient (Wildman–Crippen LogP) is 6.27. The molecule has 0 bridgehead atoms. The molecule has 1 aromatic heterocycles. The largest absolute Gasteiger partial charge is 0.436 e. The fraction of sp³-hybridized carbons (Fsp3) is 0.0370. The molecule has 4 nitrogen and oxygen atoms in total. The van der Waals surface area contributed by atoms with Crippen LogP contribution in [-0.4, -0.2) is 10.9 Å². The van der Waals surface area contributed by atoms with E-state index < -0.39 is 5.92 Å². The smallest absolute Gasteiger partial charge is 0.236 e. The van der Waals surface area contributed by atoms with E-state index in [2.05, 4.69) is 10.3 Å². The number of hydrogen-bond donors (Lipinski definition) is 1. The molecule has 0 fully saturated rings. The van der Waals surface area contributed by atoms with Gasteiger partial charge in [-0.3, -0.25) is 4.79 Å². The van der Waals surface area contributed by atoms with Crippen LogP contribution in [0.15, 0.2) is 114 Å². The number of aromatic nitrogens is 1. The monoisotopic (exact) mass is 404 g/mol. The van der Waals surface area contributed by atoms with Crippen molar-refractivity contribution in [3.8, 4) is 11.5 Å². The minimum atomic E-state index is -0.407. The molecule has 0 atom stereocenters. The summed E-state index contributed by atoms with van der Waals surface area (Å²) in [6.07, 6.45) is 0. The Morgan fingerprint density at radius 1 is 0.742 bits per heavy atom. The Bertz CT molecular complexity index is 1250. The van der Waals surface area contributed by atoms with Crippen LogP contribution in [0, 0.1) is 0 Å². The van der Waals surface area contributed by atoms with Gasteiger partial charge in [0.15, 0.2) is 5.58 Å². The molecular weight excluding hydrogens is 384 g/mol. The van der Waals surface area contributed by atoms with Crippen LogP contribution in [0.4, 0.5) is 5.69 Å². The SMILES string of the molecule is O=C(Nc1cccc(-c2nc3ccccc3o2)c1)C(c1ccccc1)c1ccccc1. The summed E-state index contributed by atoms with van der Waals surface area (Å²) in [6, 6.07) is 34.8. The zero-order valence-corrected chi connectivity index (χ0v) is 16.7. The number of para-hydroxylation sites is 2. The van der Waals surface area contributed by atoms with E-state index in [1.807, 2.05) is 109 Å². The van der Waals surface area contributed by atoms with Crippen LogP contribution in [0.25, 0.3) is 22.6 Å². The molecule has 0 saturated carbocycles. The molecule has 0 aliphatic rings.